The Labute approximate surface area is 165 Å². The number of nitrogens with zero attached hydrogens (tertiary/aromatic N) is 3. The third-order valence-electron chi connectivity index (χ3n) is 5.14. The summed E-state index contributed by atoms with van der Waals surface area (Å²) in [6, 6.07) is 12.9. The molecule has 0 radical (unpaired) electrons. The van der Waals surface area contributed by atoms with E-state index in [-0.39, 0.29) is 0 Å². The van der Waals surface area contributed by atoms with Gasteiger partial charge in [0, 0.05) is 12.1 Å². The number of rotatable bonds is 4. The zero-order valence-corrected chi connectivity index (χ0v) is 17.0. The molecule has 1 aliphatic heterocycles. The molecular weight excluding hydrogens is 374 g/mol. The molecule has 0 amide bonds. The quantitative estimate of drug-likeness (QED) is 0.660. The highest BCUT2D eigenvalue weighted by Gasteiger charge is 2.40. The first-order chi connectivity index (χ1) is 13.4. The average Bonchev–Trinajstić information content (AvgIpc) is 3.33. The largest absolute Gasteiger partial charge is 0.337 e. The minimum atomic E-state index is -3.65. The molecule has 4 rings (SSSR count). The van der Waals surface area contributed by atoms with Gasteiger partial charge in [0.2, 0.25) is 21.7 Å². The van der Waals surface area contributed by atoms with Crippen LogP contribution in [-0.4, -0.2) is 29.4 Å². The zero-order chi connectivity index (χ0) is 19.9. The van der Waals surface area contributed by atoms with E-state index in [4.69, 9.17) is 4.52 Å². The van der Waals surface area contributed by atoms with Crippen LogP contribution in [0.3, 0.4) is 0 Å². The molecule has 2 aromatic carbocycles. The van der Waals surface area contributed by atoms with E-state index in [1.807, 2.05) is 57.2 Å². The van der Waals surface area contributed by atoms with E-state index in [1.54, 1.807) is 6.07 Å². The van der Waals surface area contributed by atoms with Crippen LogP contribution in [-0.2, 0) is 10.0 Å². The first-order valence-electron chi connectivity index (χ1n) is 9.36. The first-order valence-corrected chi connectivity index (χ1v) is 10.8. The van der Waals surface area contributed by atoms with Crippen molar-refractivity contribution < 1.29 is 12.9 Å². The maximum absolute atomic E-state index is 13.3. The average molecular weight is 398 g/mol. The van der Waals surface area contributed by atoms with E-state index >= 15 is 0 Å². The minimum absolute atomic E-state index is 0.345. The minimum Gasteiger partial charge on any atom is -0.337 e. The number of hydrogen-bond acceptors (Lipinski definition) is 5. The van der Waals surface area contributed by atoms with Gasteiger partial charge in [-0.25, -0.2) is 8.42 Å². The molecule has 3 aromatic rings. The van der Waals surface area contributed by atoms with Crippen molar-refractivity contribution in [2.75, 3.05) is 6.54 Å². The number of aromatic nitrogens is 2. The summed E-state index contributed by atoms with van der Waals surface area (Å²) in [5, 5.41) is 4.09. The third-order valence-corrected chi connectivity index (χ3v) is 7.19. The van der Waals surface area contributed by atoms with Crippen molar-refractivity contribution in [1.82, 2.24) is 14.4 Å². The Morgan fingerprint density at radius 3 is 2.64 bits per heavy atom. The topological polar surface area (TPSA) is 76.3 Å². The summed E-state index contributed by atoms with van der Waals surface area (Å²) in [6.45, 7) is 6.16. The fourth-order valence-corrected chi connectivity index (χ4v) is 5.62. The van der Waals surface area contributed by atoms with Crippen LogP contribution >= 0.6 is 0 Å². The molecule has 1 aromatic heterocycles. The van der Waals surface area contributed by atoms with E-state index in [1.165, 1.54) is 4.31 Å². The smallest absolute Gasteiger partial charge is 0.245 e. The van der Waals surface area contributed by atoms with Gasteiger partial charge in [-0.3, -0.25) is 0 Å². The van der Waals surface area contributed by atoms with Crippen LogP contribution in [0.5, 0.6) is 0 Å². The molecule has 1 atom stereocenters. The van der Waals surface area contributed by atoms with E-state index in [2.05, 4.69) is 10.1 Å². The van der Waals surface area contributed by atoms with Gasteiger partial charge in [-0.05, 0) is 56.9 Å². The summed E-state index contributed by atoms with van der Waals surface area (Å²) in [5.41, 5.74) is 3.61. The summed E-state index contributed by atoms with van der Waals surface area (Å²) < 4.78 is 33.7. The van der Waals surface area contributed by atoms with E-state index < -0.39 is 16.1 Å². The normalized spacial score (nSPS) is 17.9. The van der Waals surface area contributed by atoms with Crippen LogP contribution < -0.4 is 0 Å². The van der Waals surface area contributed by atoms with Gasteiger partial charge in [-0.15, -0.1) is 0 Å². The molecule has 0 N–H and O–H groups in total. The monoisotopic (exact) mass is 397 g/mol. The number of benzene rings is 2. The fourth-order valence-electron chi connectivity index (χ4n) is 3.66. The number of sulfonamides is 1. The molecule has 1 fully saturated rings. The Balaban J connectivity index is 1.68. The van der Waals surface area contributed by atoms with Crippen molar-refractivity contribution in [1.29, 1.82) is 0 Å². The fraction of sp³-hybridized carbons (Fsp3) is 0.333. The molecule has 0 aliphatic carbocycles. The van der Waals surface area contributed by atoms with Gasteiger partial charge < -0.3 is 4.52 Å². The SMILES string of the molecule is Cc1cccc(-c2noc([C@H]3CCCN3S(=O)(=O)c3cc(C)ccc3C)n2)c1. The summed E-state index contributed by atoms with van der Waals surface area (Å²) in [4.78, 5) is 4.86. The molecule has 0 unspecified atom stereocenters. The van der Waals surface area contributed by atoms with Crippen LogP contribution in [0, 0.1) is 20.8 Å². The lowest BCUT2D eigenvalue weighted by molar-refractivity contribution is 0.290. The maximum Gasteiger partial charge on any atom is 0.245 e. The van der Waals surface area contributed by atoms with Gasteiger partial charge in [0.05, 0.1) is 4.90 Å². The molecule has 28 heavy (non-hydrogen) atoms. The van der Waals surface area contributed by atoms with Crippen LogP contribution in [0.2, 0.25) is 0 Å². The molecule has 6 nitrogen and oxygen atoms in total. The Morgan fingerprint density at radius 1 is 1.07 bits per heavy atom. The van der Waals surface area contributed by atoms with Gasteiger partial charge in [0.25, 0.3) is 0 Å². The van der Waals surface area contributed by atoms with Crippen LogP contribution in [0.25, 0.3) is 11.4 Å². The van der Waals surface area contributed by atoms with Crippen LogP contribution in [0.1, 0.15) is 41.5 Å². The lowest BCUT2D eigenvalue weighted by atomic mass is 10.1. The molecule has 146 valence electrons. The Hall–Kier alpha value is -2.51. The molecular formula is C21H23N3O3S. The zero-order valence-electron chi connectivity index (χ0n) is 16.2. The summed E-state index contributed by atoms with van der Waals surface area (Å²) in [5.74, 6) is 0.831. The standard InChI is InChI=1S/C21H23N3O3S/c1-14-6-4-7-17(12-14)20-22-21(27-23-20)18-8-5-11-24(18)28(25,26)19-13-15(2)9-10-16(19)3/h4,6-7,9-10,12-13,18H,5,8,11H2,1-3H3/t18-/m1/s1. The molecule has 1 saturated heterocycles. The molecule has 7 heteroatoms. The van der Waals surface area contributed by atoms with E-state index in [0.29, 0.717) is 29.6 Å². The number of hydrogen-bond donors (Lipinski definition) is 0. The molecule has 0 spiro atoms. The highest BCUT2D eigenvalue weighted by atomic mass is 32.2. The lowest BCUT2D eigenvalue weighted by Crippen LogP contribution is -2.31. The summed E-state index contributed by atoms with van der Waals surface area (Å²) >= 11 is 0. The Morgan fingerprint density at radius 2 is 1.86 bits per heavy atom. The highest BCUT2D eigenvalue weighted by Crippen LogP contribution is 2.37. The molecule has 1 aliphatic rings. The second-order valence-electron chi connectivity index (χ2n) is 7.37. The molecule has 0 saturated carbocycles. The van der Waals surface area contributed by atoms with Gasteiger partial charge in [0.15, 0.2) is 0 Å². The van der Waals surface area contributed by atoms with Crippen LogP contribution in [0.4, 0.5) is 0 Å². The van der Waals surface area contributed by atoms with Gasteiger partial charge in [0.1, 0.15) is 6.04 Å². The highest BCUT2D eigenvalue weighted by molar-refractivity contribution is 7.89. The summed E-state index contributed by atoms with van der Waals surface area (Å²) in [6.07, 6.45) is 1.43. The second-order valence-corrected chi connectivity index (χ2v) is 9.23. The van der Waals surface area contributed by atoms with Crippen molar-refractivity contribution in [3.8, 4) is 11.4 Å². The van der Waals surface area contributed by atoms with Crippen molar-refractivity contribution in [3.05, 3.63) is 65.0 Å². The predicted molar refractivity (Wildman–Crippen MR) is 106 cm³/mol. The third kappa shape index (κ3) is 3.36. The van der Waals surface area contributed by atoms with Gasteiger partial charge in [-0.1, -0.05) is 41.1 Å². The predicted octanol–water partition coefficient (Wildman–Crippen LogP) is 4.19. The van der Waals surface area contributed by atoms with Crippen LogP contribution in [0.15, 0.2) is 51.9 Å². The van der Waals surface area contributed by atoms with E-state index in [0.717, 1.165) is 28.7 Å². The molecule has 0 bridgehead atoms. The Kier molecular flexibility index (Phi) is 4.81. The van der Waals surface area contributed by atoms with Gasteiger partial charge >= 0.3 is 0 Å². The summed E-state index contributed by atoms with van der Waals surface area (Å²) in [7, 11) is -3.65. The van der Waals surface area contributed by atoms with Crippen molar-refractivity contribution in [3.63, 3.8) is 0 Å². The van der Waals surface area contributed by atoms with Crippen molar-refractivity contribution in [2.45, 2.75) is 44.6 Å². The number of aryl methyl sites for hydroxylation is 3. The maximum atomic E-state index is 13.3. The molecule has 2 heterocycles. The Bertz CT molecular complexity index is 1120. The lowest BCUT2D eigenvalue weighted by Gasteiger charge is -2.22. The van der Waals surface area contributed by atoms with Crippen molar-refractivity contribution in [2.24, 2.45) is 0 Å². The van der Waals surface area contributed by atoms with E-state index in [9.17, 15) is 8.42 Å². The second kappa shape index (κ2) is 7.14. The van der Waals surface area contributed by atoms with Gasteiger partial charge in [-0.2, -0.15) is 9.29 Å². The first kappa shape index (κ1) is 18.8. The van der Waals surface area contributed by atoms with Crippen molar-refractivity contribution >= 4 is 10.0 Å².